The molecule has 2 nitrogen and oxygen atoms in total. The Morgan fingerprint density at radius 2 is 2.15 bits per heavy atom. The Balaban J connectivity index is 1.75. The fourth-order valence-corrected chi connectivity index (χ4v) is 3.42. The Morgan fingerprint density at radius 1 is 1.30 bits per heavy atom. The smallest absolute Gasteiger partial charge is 0.134 e. The van der Waals surface area contributed by atoms with Crippen LogP contribution in [0.1, 0.15) is 29.2 Å². The maximum absolute atomic E-state index is 5.91. The Kier molecular flexibility index (Phi) is 3.96. The lowest BCUT2D eigenvalue weighted by molar-refractivity contribution is 0.452. The van der Waals surface area contributed by atoms with Gasteiger partial charge in [0.25, 0.3) is 0 Å². The van der Waals surface area contributed by atoms with Crippen LogP contribution in [0.5, 0.6) is 0 Å². The Morgan fingerprint density at radius 3 is 2.90 bits per heavy atom. The molecule has 1 N–H and O–H groups in total. The number of furan rings is 1. The van der Waals surface area contributed by atoms with E-state index in [2.05, 4.69) is 58.7 Å². The van der Waals surface area contributed by atoms with Gasteiger partial charge < -0.3 is 9.73 Å². The van der Waals surface area contributed by atoms with E-state index in [1.165, 1.54) is 10.4 Å². The highest BCUT2D eigenvalue weighted by Crippen LogP contribution is 2.27. The van der Waals surface area contributed by atoms with Crippen LogP contribution in [0, 0.1) is 6.92 Å². The van der Waals surface area contributed by atoms with Gasteiger partial charge in [-0.05, 0) is 55.1 Å². The van der Waals surface area contributed by atoms with Gasteiger partial charge in [0.2, 0.25) is 0 Å². The van der Waals surface area contributed by atoms with Crippen LogP contribution in [0.4, 0.5) is 0 Å². The summed E-state index contributed by atoms with van der Waals surface area (Å²) >= 11 is 5.28. The zero-order chi connectivity index (χ0) is 14.1. The van der Waals surface area contributed by atoms with E-state index in [1.807, 2.05) is 12.1 Å². The molecule has 3 aromatic rings. The van der Waals surface area contributed by atoms with Gasteiger partial charge in [-0.1, -0.05) is 15.9 Å². The molecule has 1 atom stereocenters. The third-order valence-corrected chi connectivity index (χ3v) is 4.98. The molecule has 2 heterocycles. The highest BCUT2D eigenvalue weighted by atomic mass is 79.9. The van der Waals surface area contributed by atoms with Crippen molar-refractivity contribution in [2.45, 2.75) is 26.4 Å². The minimum Gasteiger partial charge on any atom is -0.459 e. The maximum Gasteiger partial charge on any atom is 0.134 e. The molecule has 0 saturated heterocycles. The van der Waals surface area contributed by atoms with Gasteiger partial charge in [0.15, 0.2) is 0 Å². The number of fused-ring (bicyclic) bond motifs is 1. The monoisotopic (exact) mass is 349 g/mol. The first kappa shape index (κ1) is 13.9. The predicted octanol–water partition coefficient (Wildman–Crippen LogP) is 5.42. The molecule has 104 valence electrons. The van der Waals surface area contributed by atoms with E-state index in [-0.39, 0.29) is 6.04 Å². The van der Waals surface area contributed by atoms with Gasteiger partial charge in [0, 0.05) is 21.3 Å². The lowest BCUT2D eigenvalue weighted by Gasteiger charge is -2.10. The molecule has 1 aromatic carbocycles. The quantitative estimate of drug-likeness (QED) is 0.680. The van der Waals surface area contributed by atoms with Crippen molar-refractivity contribution >= 4 is 38.2 Å². The third kappa shape index (κ3) is 2.82. The van der Waals surface area contributed by atoms with Crippen molar-refractivity contribution in [2.24, 2.45) is 0 Å². The molecule has 0 amide bonds. The van der Waals surface area contributed by atoms with E-state index in [0.29, 0.717) is 0 Å². The molecular weight excluding hydrogens is 334 g/mol. The molecule has 0 aliphatic rings. The molecular formula is C16H16BrNOS. The predicted molar refractivity (Wildman–Crippen MR) is 88.2 cm³/mol. The minimum atomic E-state index is 0.197. The van der Waals surface area contributed by atoms with Gasteiger partial charge in [-0.25, -0.2) is 0 Å². The van der Waals surface area contributed by atoms with Crippen molar-refractivity contribution in [3.8, 4) is 0 Å². The lowest BCUT2D eigenvalue weighted by Crippen LogP contribution is -2.17. The van der Waals surface area contributed by atoms with E-state index in [1.54, 1.807) is 11.3 Å². The van der Waals surface area contributed by atoms with Crippen LogP contribution in [0.25, 0.3) is 11.0 Å². The van der Waals surface area contributed by atoms with Crippen LogP contribution in [-0.2, 0) is 6.54 Å². The highest BCUT2D eigenvalue weighted by molar-refractivity contribution is 9.10. The van der Waals surface area contributed by atoms with Crippen molar-refractivity contribution in [3.05, 3.63) is 56.4 Å². The van der Waals surface area contributed by atoms with Gasteiger partial charge in [0.1, 0.15) is 11.3 Å². The van der Waals surface area contributed by atoms with E-state index in [9.17, 15) is 0 Å². The molecule has 20 heavy (non-hydrogen) atoms. The first-order valence-corrected chi connectivity index (χ1v) is 8.26. The van der Waals surface area contributed by atoms with Crippen LogP contribution >= 0.6 is 27.3 Å². The first-order chi connectivity index (χ1) is 9.63. The molecule has 0 fully saturated rings. The second kappa shape index (κ2) is 5.72. The topological polar surface area (TPSA) is 25.2 Å². The standard InChI is InChI=1S/C16H16BrNOS/c1-10-5-6-20-16(10)9-18-11(2)15-8-12-7-13(17)3-4-14(12)19-15/h3-8,11,18H,9H2,1-2H3. The molecule has 2 aromatic heterocycles. The van der Waals surface area contributed by atoms with Crippen LogP contribution in [-0.4, -0.2) is 0 Å². The van der Waals surface area contributed by atoms with Crippen LogP contribution in [0.3, 0.4) is 0 Å². The number of halogens is 1. The summed E-state index contributed by atoms with van der Waals surface area (Å²) in [6.07, 6.45) is 0. The fourth-order valence-electron chi connectivity index (χ4n) is 2.18. The van der Waals surface area contributed by atoms with Crippen molar-refractivity contribution in [1.29, 1.82) is 0 Å². The molecule has 0 radical (unpaired) electrons. The second-order valence-corrected chi connectivity index (χ2v) is 6.88. The Hall–Kier alpha value is -1.10. The van der Waals surface area contributed by atoms with Crippen LogP contribution < -0.4 is 5.32 Å². The Bertz CT molecular complexity index is 731. The number of benzene rings is 1. The van der Waals surface area contributed by atoms with E-state index >= 15 is 0 Å². The molecule has 1 unspecified atom stereocenters. The summed E-state index contributed by atoms with van der Waals surface area (Å²) < 4.78 is 6.98. The molecule has 0 aliphatic heterocycles. The summed E-state index contributed by atoms with van der Waals surface area (Å²) in [7, 11) is 0. The fraction of sp³-hybridized carbons (Fsp3) is 0.250. The summed E-state index contributed by atoms with van der Waals surface area (Å²) in [4.78, 5) is 1.38. The zero-order valence-corrected chi connectivity index (χ0v) is 13.8. The number of thiophene rings is 1. The van der Waals surface area contributed by atoms with E-state index in [4.69, 9.17) is 4.42 Å². The van der Waals surface area contributed by atoms with Crippen molar-refractivity contribution in [2.75, 3.05) is 0 Å². The average molecular weight is 350 g/mol. The van der Waals surface area contributed by atoms with E-state index in [0.717, 1.165) is 27.7 Å². The molecule has 0 saturated carbocycles. The number of nitrogens with one attached hydrogen (secondary N) is 1. The number of aryl methyl sites for hydroxylation is 1. The van der Waals surface area contributed by atoms with Crippen LogP contribution in [0.2, 0.25) is 0 Å². The first-order valence-electron chi connectivity index (χ1n) is 6.59. The van der Waals surface area contributed by atoms with Gasteiger partial charge >= 0.3 is 0 Å². The zero-order valence-electron chi connectivity index (χ0n) is 11.4. The number of rotatable bonds is 4. The normalized spacial score (nSPS) is 12.9. The van der Waals surface area contributed by atoms with Gasteiger partial charge in [0.05, 0.1) is 6.04 Å². The summed E-state index contributed by atoms with van der Waals surface area (Å²) in [6.45, 7) is 5.16. The molecule has 4 heteroatoms. The molecule has 3 rings (SSSR count). The third-order valence-electron chi connectivity index (χ3n) is 3.46. The van der Waals surface area contributed by atoms with Crippen molar-refractivity contribution in [1.82, 2.24) is 5.32 Å². The van der Waals surface area contributed by atoms with Gasteiger partial charge in [-0.2, -0.15) is 0 Å². The summed E-state index contributed by atoms with van der Waals surface area (Å²) in [5.41, 5.74) is 2.28. The highest BCUT2D eigenvalue weighted by Gasteiger charge is 2.12. The molecule has 0 aliphatic carbocycles. The lowest BCUT2D eigenvalue weighted by atomic mass is 10.2. The minimum absolute atomic E-state index is 0.197. The number of hydrogen-bond donors (Lipinski definition) is 1. The van der Waals surface area contributed by atoms with Crippen molar-refractivity contribution < 1.29 is 4.42 Å². The van der Waals surface area contributed by atoms with Gasteiger partial charge in [-0.3, -0.25) is 0 Å². The largest absolute Gasteiger partial charge is 0.459 e. The summed E-state index contributed by atoms with van der Waals surface area (Å²) in [5.74, 6) is 0.979. The summed E-state index contributed by atoms with van der Waals surface area (Å²) in [5, 5.41) is 6.79. The molecule has 0 spiro atoms. The maximum atomic E-state index is 5.91. The van der Waals surface area contributed by atoms with Crippen LogP contribution in [0.15, 0.2) is 44.6 Å². The summed E-state index contributed by atoms with van der Waals surface area (Å²) in [6, 6.07) is 10.5. The second-order valence-electron chi connectivity index (χ2n) is 4.96. The van der Waals surface area contributed by atoms with Gasteiger partial charge in [-0.15, -0.1) is 11.3 Å². The number of hydrogen-bond acceptors (Lipinski definition) is 3. The van der Waals surface area contributed by atoms with Crippen molar-refractivity contribution in [3.63, 3.8) is 0 Å². The SMILES string of the molecule is Cc1ccsc1CNC(C)c1cc2cc(Br)ccc2o1. The van der Waals surface area contributed by atoms with E-state index < -0.39 is 0 Å². The molecule has 0 bridgehead atoms. The average Bonchev–Trinajstić information content (AvgIpc) is 3.01. The Labute approximate surface area is 130 Å².